The molecule has 1 N–H and O–H groups in total. The Labute approximate surface area is 117 Å². The van der Waals surface area contributed by atoms with Crippen LogP contribution < -0.4 is 0 Å². The number of nitriles is 1. The summed E-state index contributed by atoms with van der Waals surface area (Å²) in [7, 11) is 0. The first-order chi connectivity index (χ1) is 9.83. The normalized spacial score (nSPS) is 12.2. The summed E-state index contributed by atoms with van der Waals surface area (Å²) in [5.74, 6) is 0.580. The lowest BCUT2D eigenvalue weighted by atomic mass is 10.0. The molecule has 0 aliphatic rings. The SMILES string of the molecule is CCC(C#N)c1ncc(-c2cccc3ccccc23)[nH]1. The molecule has 0 saturated heterocycles. The quantitative estimate of drug-likeness (QED) is 0.766. The molecule has 3 heteroatoms. The summed E-state index contributed by atoms with van der Waals surface area (Å²) in [4.78, 5) is 7.65. The van der Waals surface area contributed by atoms with Crippen molar-refractivity contribution in [2.24, 2.45) is 0 Å². The second kappa shape index (κ2) is 5.18. The standard InChI is InChI=1S/C17H15N3/c1-2-12(10-18)17-19-11-16(20-17)15-9-5-7-13-6-3-4-8-14(13)15/h3-9,11-12H,2H2,1H3,(H,19,20). The van der Waals surface area contributed by atoms with E-state index in [0.717, 1.165) is 23.5 Å². The van der Waals surface area contributed by atoms with Gasteiger partial charge < -0.3 is 4.98 Å². The third-order valence-electron chi connectivity index (χ3n) is 3.57. The Morgan fingerprint density at radius 1 is 1.20 bits per heavy atom. The fourth-order valence-electron chi connectivity index (χ4n) is 2.46. The van der Waals surface area contributed by atoms with E-state index in [9.17, 15) is 0 Å². The number of H-pyrrole nitrogens is 1. The van der Waals surface area contributed by atoms with E-state index in [0.29, 0.717) is 0 Å². The van der Waals surface area contributed by atoms with Gasteiger partial charge in [-0.2, -0.15) is 5.26 Å². The van der Waals surface area contributed by atoms with Crippen molar-refractivity contribution in [2.45, 2.75) is 19.3 Å². The van der Waals surface area contributed by atoms with Crippen molar-refractivity contribution >= 4 is 10.8 Å². The zero-order valence-corrected chi connectivity index (χ0v) is 11.3. The molecule has 0 spiro atoms. The number of nitrogens with zero attached hydrogens (tertiary/aromatic N) is 2. The first kappa shape index (κ1) is 12.4. The van der Waals surface area contributed by atoms with Gasteiger partial charge in [-0.1, -0.05) is 49.4 Å². The smallest absolute Gasteiger partial charge is 0.123 e. The van der Waals surface area contributed by atoms with Crippen LogP contribution in [0.5, 0.6) is 0 Å². The molecular weight excluding hydrogens is 246 g/mol. The van der Waals surface area contributed by atoms with Crippen LogP contribution in [0.15, 0.2) is 48.7 Å². The number of hydrogen-bond donors (Lipinski definition) is 1. The van der Waals surface area contributed by atoms with Gasteiger partial charge in [0.15, 0.2) is 0 Å². The number of hydrogen-bond acceptors (Lipinski definition) is 2. The van der Waals surface area contributed by atoms with Gasteiger partial charge >= 0.3 is 0 Å². The first-order valence-corrected chi connectivity index (χ1v) is 6.76. The molecule has 2 aromatic carbocycles. The van der Waals surface area contributed by atoms with Crippen LogP contribution in [0.25, 0.3) is 22.0 Å². The van der Waals surface area contributed by atoms with E-state index >= 15 is 0 Å². The lowest BCUT2D eigenvalue weighted by Crippen LogP contribution is -1.96. The van der Waals surface area contributed by atoms with E-state index < -0.39 is 0 Å². The largest absolute Gasteiger partial charge is 0.341 e. The Bertz CT molecular complexity index is 775. The van der Waals surface area contributed by atoms with Gasteiger partial charge in [0.25, 0.3) is 0 Å². The predicted octanol–water partition coefficient (Wildman–Crippen LogP) is 4.25. The minimum atomic E-state index is -0.168. The maximum absolute atomic E-state index is 9.12. The van der Waals surface area contributed by atoms with Gasteiger partial charge in [0.05, 0.1) is 18.0 Å². The summed E-state index contributed by atoms with van der Waals surface area (Å²) < 4.78 is 0. The average molecular weight is 261 g/mol. The summed E-state index contributed by atoms with van der Waals surface area (Å²) >= 11 is 0. The van der Waals surface area contributed by atoms with Crippen molar-refractivity contribution in [1.82, 2.24) is 9.97 Å². The lowest BCUT2D eigenvalue weighted by molar-refractivity contribution is 0.766. The molecule has 0 aliphatic carbocycles. The van der Waals surface area contributed by atoms with Crippen LogP contribution in [0.2, 0.25) is 0 Å². The number of benzene rings is 2. The number of aromatic nitrogens is 2. The third kappa shape index (κ3) is 2.06. The fourth-order valence-corrected chi connectivity index (χ4v) is 2.46. The van der Waals surface area contributed by atoms with E-state index in [4.69, 9.17) is 5.26 Å². The van der Waals surface area contributed by atoms with Crippen LogP contribution in [0.3, 0.4) is 0 Å². The van der Waals surface area contributed by atoms with Crippen molar-refractivity contribution < 1.29 is 0 Å². The van der Waals surface area contributed by atoms with Gasteiger partial charge in [-0.3, -0.25) is 0 Å². The lowest BCUT2D eigenvalue weighted by Gasteiger charge is -2.04. The van der Waals surface area contributed by atoms with Crippen molar-refractivity contribution in [1.29, 1.82) is 5.26 Å². The highest BCUT2D eigenvalue weighted by Gasteiger charge is 2.13. The predicted molar refractivity (Wildman–Crippen MR) is 80.2 cm³/mol. The Balaban J connectivity index is 2.11. The minimum absolute atomic E-state index is 0.168. The van der Waals surface area contributed by atoms with Crippen molar-refractivity contribution in [3.63, 3.8) is 0 Å². The summed E-state index contributed by atoms with van der Waals surface area (Å²) in [6.45, 7) is 1.99. The Hall–Kier alpha value is -2.60. The van der Waals surface area contributed by atoms with E-state index in [1.807, 2.05) is 31.3 Å². The van der Waals surface area contributed by atoms with E-state index in [1.54, 1.807) is 0 Å². The number of aromatic amines is 1. The molecule has 0 bridgehead atoms. The molecule has 0 aliphatic heterocycles. The van der Waals surface area contributed by atoms with Gasteiger partial charge in [-0.05, 0) is 17.2 Å². The molecule has 1 aromatic heterocycles. The van der Waals surface area contributed by atoms with Gasteiger partial charge in [-0.15, -0.1) is 0 Å². The molecule has 3 rings (SSSR count). The van der Waals surface area contributed by atoms with Crippen LogP contribution in [0.1, 0.15) is 25.1 Å². The molecule has 3 aromatic rings. The summed E-state index contributed by atoms with van der Waals surface area (Å²) in [5, 5.41) is 11.5. The van der Waals surface area contributed by atoms with Crippen LogP contribution >= 0.6 is 0 Å². The van der Waals surface area contributed by atoms with Gasteiger partial charge in [0, 0.05) is 5.56 Å². The molecule has 0 amide bonds. The van der Waals surface area contributed by atoms with Gasteiger partial charge in [0.1, 0.15) is 11.7 Å². The minimum Gasteiger partial charge on any atom is -0.341 e. The third-order valence-corrected chi connectivity index (χ3v) is 3.57. The van der Waals surface area contributed by atoms with Gasteiger partial charge in [-0.25, -0.2) is 4.98 Å². The molecule has 98 valence electrons. The first-order valence-electron chi connectivity index (χ1n) is 6.76. The highest BCUT2D eigenvalue weighted by molar-refractivity contribution is 5.95. The number of fused-ring (bicyclic) bond motifs is 1. The van der Waals surface area contributed by atoms with Crippen LogP contribution in [0.4, 0.5) is 0 Å². The Morgan fingerprint density at radius 3 is 2.80 bits per heavy atom. The molecular formula is C17H15N3. The summed E-state index contributed by atoms with van der Waals surface area (Å²) in [5.41, 5.74) is 2.08. The van der Waals surface area contributed by atoms with Crippen molar-refractivity contribution in [3.05, 3.63) is 54.5 Å². The highest BCUT2D eigenvalue weighted by Crippen LogP contribution is 2.28. The summed E-state index contributed by atoms with van der Waals surface area (Å²) in [6.07, 6.45) is 2.58. The molecule has 0 saturated carbocycles. The van der Waals surface area contributed by atoms with E-state index in [1.165, 1.54) is 10.8 Å². The second-order valence-corrected chi connectivity index (χ2v) is 4.80. The van der Waals surface area contributed by atoms with Crippen molar-refractivity contribution in [2.75, 3.05) is 0 Å². The van der Waals surface area contributed by atoms with Crippen LogP contribution in [0, 0.1) is 11.3 Å². The molecule has 1 unspecified atom stereocenters. The maximum Gasteiger partial charge on any atom is 0.123 e. The van der Waals surface area contributed by atoms with E-state index in [2.05, 4.69) is 40.3 Å². The second-order valence-electron chi connectivity index (χ2n) is 4.80. The zero-order valence-electron chi connectivity index (χ0n) is 11.3. The number of rotatable bonds is 3. The Kier molecular flexibility index (Phi) is 3.22. The maximum atomic E-state index is 9.12. The Morgan fingerprint density at radius 2 is 2.00 bits per heavy atom. The van der Waals surface area contributed by atoms with Gasteiger partial charge in [0.2, 0.25) is 0 Å². The monoisotopic (exact) mass is 261 g/mol. The molecule has 0 fully saturated rings. The van der Waals surface area contributed by atoms with Crippen molar-refractivity contribution in [3.8, 4) is 17.3 Å². The highest BCUT2D eigenvalue weighted by atomic mass is 14.9. The molecule has 20 heavy (non-hydrogen) atoms. The molecule has 0 radical (unpaired) electrons. The molecule has 1 atom stereocenters. The topological polar surface area (TPSA) is 52.5 Å². The van der Waals surface area contributed by atoms with Crippen LogP contribution in [-0.4, -0.2) is 9.97 Å². The zero-order chi connectivity index (χ0) is 13.9. The number of imidazole rings is 1. The average Bonchev–Trinajstić information content (AvgIpc) is 2.97. The molecule has 1 heterocycles. The fraction of sp³-hybridized carbons (Fsp3) is 0.176. The van der Waals surface area contributed by atoms with Crippen LogP contribution in [-0.2, 0) is 0 Å². The summed E-state index contributed by atoms with van der Waals surface area (Å²) in [6, 6.07) is 16.8. The number of nitrogens with one attached hydrogen (secondary N) is 1. The van der Waals surface area contributed by atoms with E-state index in [-0.39, 0.29) is 5.92 Å². The molecule has 3 nitrogen and oxygen atoms in total.